The lowest BCUT2D eigenvalue weighted by molar-refractivity contribution is -0.135. The molecule has 2 atom stereocenters. The molecule has 1 amide bonds. The van der Waals surface area contributed by atoms with Gasteiger partial charge >= 0.3 is 0 Å². The highest BCUT2D eigenvalue weighted by atomic mass is 79.9. The molecule has 0 unspecified atom stereocenters. The predicted octanol–water partition coefficient (Wildman–Crippen LogP) is 3.68. The van der Waals surface area contributed by atoms with Gasteiger partial charge in [-0.05, 0) is 65.4 Å². The molecule has 4 heterocycles. The third kappa shape index (κ3) is 4.49. The van der Waals surface area contributed by atoms with Crippen molar-refractivity contribution in [3.63, 3.8) is 0 Å². The highest BCUT2D eigenvalue weighted by molar-refractivity contribution is 9.10. The number of nitrogens with zero attached hydrogens (tertiary/aromatic N) is 6. The summed E-state index contributed by atoms with van der Waals surface area (Å²) in [6.07, 6.45) is 7.13. The van der Waals surface area contributed by atoms with Crippen LogP contribution in [0.5, 0.6) is 0 Å². The van der Waals surface area contributed by atoms with E-state index < -0.39 is 10.8 Å². The van der Waals surface area contributed by atoms with Gasteiger partial charge in [0.1, 0.15) is 10.4 Å². The van der Waals surface area contributed by atoms with Crippen LogP contribution in [0.3, 0.4) is 0 Å². The molecule has 35 heavy (non-hydrogen) atoms. The summed E-state index contributed by atoms with van der Waals surface area (Å²) in [7, 11) is -0.770. The number of hydrogen-bond acceptors (Lipinski definition) is 6. The first-order valence-electron chi connectivity index (χ1n) is 11.9. The lowest BCUT2D eigenvalue weighted by atomic mass is 10.0. The van der Waals surface area contributed by atoms with Gasteiger partial charge in [0, 0.05) is 65.5 Å². The second kappa shape index (κ2) is 9.39. The van der Waals surface area contributed by atoms with E-state index in [1.165, 1.54) is 0 Å². The Morgan fingerprint density at radius 1 is 1.14 bits per heavy atom. The summed E-state index contributed by atoms with van der Waals surface area (Å²) in [6, 6.07) is 10.0. The van der Waals surface area contributed by atoms with Crippen molar-refractivity contribution in [2.24, 2.45) is 11.8 Å². The van der Waals surface area contributed by atoms with E-state index in [9.17, 15) is 9.00 Å². The van der Waals surface area contributed by atoms with Crippen molar-refractivity contribution >= 4 is 54.6 Å². The van der Waals surface area contributed by atoms with E-state index in [1.54, 1.807) is 6.20 Å². The van der Waals surface area contributed by atoms with Crippen LogP contribution in [0.2, 0.25) is 0 Å². The molecule has 10 heteroatoms. The van der Waals surface area contributed by atoms with E-state index in [0.717, 1.165) is 59.1 Å². The summed E-state index contributed by atoms with van der Waals surface area (Å²) in [5, 5.41) is 6.58. The highest BCUT2D eigenvalue weighted by Gasteiger charge is 2.34. The number of fused-ring (bicyclic) bond motifs is 2. The van der Waals surface area contributed by atoms with Crippen molar-refractivity contribution in [2.75, 3.05) is 24.6 Å². The molecule has 8 nitrogen and oxygen atoms in total. The maximum atomic E-state index is 13.0. The van der Waals surface area contributed by atoms with Gasteiger partial charge in [-0.1, -0.05) is 6.07 Å². The molecule has 2 aliphatic rings. The molecule has 1 aliphatic heterocycles. The maximum Gasteiger partial charge on any atom is 0.225 e. The van der Waals surface area contributed by atoms with Crippen LogP contribution in [0, 0.1) is 11.8 Å². The zero-order chi connectivity index (χ0) is 23.9. The van der Waals surface area contributed by atoms with Crippen LogP contribution in [0.15, 0.2) is 47.3 Å². The Morgan fingerprint density at radius 3 is 2.86 bits per heavy atom. The van der Waals surface area contributed by atoms with E-state index in [2.05, 4.69) is 37.1 Å². The molecule has 0 N–H and O–H groups in total. The summed E-state index contributed by atoms with van der Waals surface area (Å²) in [5.41, 5.74) is 2.61. The number of halogens is 1. The topological polar surface area (TPSA) is 93.9 Å². The molecule has 1 saturated heterocycles. The van der Waals surface area contributed by atoms with Crippen molar-refractivity contribution in [3.8, 4) is 5.69 Å². The van der Waals surface area contributed by atoms with Gasteiger partial charge in [0.2, 0.25) is 5.91 Å². The van der Waals surface area contributed by atoms with Gasteiger partial charge in [-0.2, -0.15) is 5.10 Å². The van der Waals surface area contributed by atoms with Gasteiger partial charge in [-0.25, -0.2) is 14.6 Å². The molecule has 3 aromatic heterocycles. The van der Waals surface area contributed by atoms with Crippen LogP contribution in [0.4, 0.5) is 0 Å². The number of aromatic nitrogens is 5. The Labute approximate surface area is 213 Å². The minimum atomic E-state index is -0.770. The largest absolute Gasteiger partial charge is 0.341 e. The lowest BCUT2D eigenvalue weighted by Crippen LogP contribution is -2.44. The van der Waals surface area contributed by atoms with E-state index in [0.29, 0.717) is 35.1 Å². The number of carbonyl (C=O) groups excluding carboxylic acids is 1. The van der Waals surface area contributed by atoms with Crippen LogP contribution in [-0.4, -0.2) is 64.3 Å². The lowest BCUT2D eigenvalue weighted by Gasteiger charge is -2.28. The second-order valence-electron chi connectivity index (χ2n) is 9.36. The molecule has 1 saturated carbocycles. The number of benzene rings is 1. The Balaban J connectivity index is 1.21. The smallest absolute Gasteiger partial charge is 0.225 e. The quantitative estimate of drug-likeness (QED) is 0.383. The average Bonchev–Trinajstić information content (AvgIpc) is 3.48. The Kier molecular flexibility index (Phi) is 6.09. The molecule has 1 aromatic carbocycles. The molecule has 0 spiro atoms. The van der Waals surface area contributed by atoms with Crippen molar-refractivity contribution in [1.82, 2.24) is 29.6 Å². The highest BCUT2D eigenvalue weighted by Crippen LogP contribution is 2.35. The first-order valence-corrected chi connectivity index (χ1v) is 14.2. The SMILES string of the molecule is O=C([C@@H]1CC[C@@H](Cc2ncc3c(Br)nn(-c4ccc5ncccc5c4)c3n2)C1)N1CCS(=O)CC1. The molecular formula is C25H25BrN6O2S. The zero-order valence-electron chi connectivity index (χ0n) is 19.1. The number of rotatable bonds is 4. The molecule has 1 aliphatic carbocycles. The fourth-order valence-corrected chi connectivity index (χ4v) is 6.73. The normalized spacial score (nSPS) is 21.2. The van der Waals surface area contributed by atoms with Gasteiger partial charge in [0.05, 0.1) is 16.6 Å². The van der Waals surface area contributed by atoms with Crippen LogP contribution < -0.4 is 0 Å². The minimum absolute atomic E-state index is 0.0566. The van der Waals surface area contributed by atoms with Crippen LogP contribution in [0.25, 0.3) is 27.6 Å². The van der Waals surface area contributed by atoms with Crippen molar-refractivity contribution < 1.29 is 9.00 Å². The van der Waals surface area contributed by atoms with Gasteiger partial charge in [-0.3, -0.25) is 14.0 Å². The molecule has 0 radical (unpaired) electrons. The Morgan fingerprint density at radius 2 is 2.00 bits per heavy atom. The zero-order valence-corrected chi connectivity index (χ0v) is 21.5. The minimum Gasteiger partial charge on any atom is -0.341 e. The molecule has 180 valence electrons. The van der Waals surface area contributed by atoms with E-state index in [-0.39, 0.29) is 11.8 Å². The third-order valence-electron chi connectivity index (χ3n) is 7.11. The van der Waals surface area contributed by atoms with Crippen LogP contribution >= 0.6 is 15.9 Å². The van der Waals surface area contributed by atoms with E-state index in [1.807, 2.05) is 40.0 Å². The number of amides is 1. The monoisotopic (exact) mass is 552 g/mol. The van der Waals surface area contributed by atoms with Gasteiger partial charge in [0.25, 0.3) is 0 Å². The maximum absolute atomic E-state index is 13.0. The van der Waals surface area contributed by atoms with Gasteiger partial charge < -0.3 is 4.90 Å². The fourth-order valence-electron chi connectivity index (χ4n) is 5.24. The van der Waals surface area contributed by atoms with Crippen molar-refractivity contribution in [2.45, 2.75) is 25.7 Å². The Bertz CT molecular complexity index is 1450. The molecule has 2 fully saturated rings. The summed E-state index contributed by atoms with van der Waals surface area (Å²) < 4.78 is 14.2. The number of hydrogen-bond donors (Lipinski definition) is 0. The summed E-state index contributed by atoms with van der Waals surface area (Å²) in [6.45, 7) is 1.24. The predicted molar refractivity (Wildman–Crippen MR) is 139 cm³/mol. The van der Waals surface area contributed by atoms with E-state index in [4.69, 9.17) is 4.98 Å². The summed E-state index contributed by atoms with van der Waals surface area (Å²) >= 11 is 3.56. The average molecular weight is 553 g/mol. The van der Waals surface area contributed by atoms with Gasteiger partial charge in [0.15, 0.2) is 5.65 Å². The van der Waals surface area contributed by atoms with Crippen molar-refractivity contribution in [3.05, 3.63) is 53.2 Å². The standard InChI is InChI=1S/C25H25BrN6O2S/c26-23-20-15-28-22(13-16-3-4-18(12-16)25(33)31-8-10-35(34)11-9-31)29-24(20)32(30-23)19-5-6-21-17(14-19)2-1-7-27-21/h1-2,5-7,14-16,18H,3-4,8-13H2/t16-,18-/m1/s1. The molecule has 0 bridgehead atoms. The second-order valence-corrected chi connectivity index (χ2v) is 11.8. The van der Waals surface area contributed by atoms with E-state index >= 15 is 0 Å². The summed E-state index contributed by atoms with van der Waals surface area (Å²) in [5.74, 6) is 2.65. The molecular weight excluding hydrogens is 528 g/mol. The summed E-state index contributed by atoms with van der Waals surface area (Å²) in [4.78, 5) is 28.8. The number of pyridine rings is 1. The molecule has 6 rings (SSSR count). The number of carbonyl (C=O) groups is 1. The van der Waals surface area contributed by atoms with Gasteiger partial charge in [-0.15, -0.1) is 0 Å². The molecule has 4 aromatic rings. The third-order valence-corrected chi connectivity index (χ3v) is 8.97. The Hall–Kier alpha value is -2.72. The first kappa shape index (κ1) is 22.7. The van der Waals surface area contributed by atoms with Crippen LogP contribution in [0.1, 0.15) is 25.1 Å². The fraction of sp³-hybridized carbons (Fsp3) is 0.400. The van der Waals surface area contributed by atoms with Crippen molar-refractivity contribution in [1.29, 1.82) is 0 Å². The first-order chi connectivity index (χ1) is 17.0. The van der Waals surface area contributed by atoms with Crippen LogP contribution in [-0.2, 0) is 22.0 Å².